The SMILES string of the molecule is Cl.O=C(NO)C1(S(=O)(=O)c2ccc(-c3cnc(CCC(F)(F)F)cn3)cc2)CCOCC1.O=C(NOC1CCCCO1)C1(S(=O)(=O)c2ccc(-c3cnc(CCC(F)(F)F)cn3)cc2)CCOCC1. The first-order valence-corrected chi connectivity index (χ1v) is 24.3. The van der Waals surface area contributed by atoms with Crippen LogP contribution in [0.5, 0.6) is 0 Å². The zero-order valence-corrected chi connectivity index (χ0v) is 39.1. The molecule has 1 atom stereocenters. The molecule has 0 radical (unpaired) electrons. The van der Waals surface area contributed by atoms with Crippen LogP contribution in [0.2, 0.25) is 0 Å². The molecule has 3 saturated heterocycles. The molecule has 2 aromatic heterocycles. The number of halogens is 7. The third-order valence-corrected chi connectivity index (χ3v) is 16.7. The van der Waals surface area contributed by atoms with Crippen molar-refractivity contribution in [2.75, 3.05) is 33.0 Å². The number of alkyl halides is 6. The van der Waals surface area contributed by atoms with Crippen LogP contribution in [0.1, 0.15) is 69.2 Å². The van der Waals surface area contributed by atoms with E-state index >= 15 is 0 Å². The summed E-state index contributed by atoms with van der Waals surface area (Å²) in [5.74, 6) is -1.78. The zero-order valence-electron chi connectivity index (χ0n) is 36.6. The van der Waals surface area contributed by atoms with Gasteiger partial charge in [0.15, 0.2) is 35.5 Å². The molecule has 2 aromatic carbocycles. The van der Waals surface area contributed by atoms with E-state index < -0.39 is 72.5 Å². The van der Waals surface area contributed by atoms with Crippen molar-refractivity contribution in [2.24, 2.45) is 0 Å². The minimum absolute atomic E-state index is 0. The summed E-state index contributed by atoms with van der Waals surface area (Å²) in [5.41, 5.74) is 5.91. The summed E-state index contributed by atoms with van der Waals surface area (Å²) >= 11 is 0. The minimum atomic E-state index is -4.28. The van der Waals surface area contributed by atoms with Crippen molar-refractivity contribution < 1.29 is 77.0 Å². The average molecular weight is 1040 g/mol. The van der Waals surface area contributed by atoms with Crippen LogP contribution in [-0.4, -0.2) is 115 Å². The summed E-state index contributed by atoms with van der Waals surface area (Å²) in [4.78, 5) is 46.9. The first kappa shape index (κ1) is 55.0. The number of hydrogen-bond donors (Lipinski definition) is 3. The first-order valence-electron chi connectivity index (χ1n) is 21.3. The number of hydrogen-bond acceptors (Lipinski definition) is 15. The molecule has 0 spiro atoms. The Morgan fingerprint density at radius 1 is 0.638 bits per heavy atom. The molecule has 5 heterocycles. The lowest BCUT2D eigenvalue weighted by atomic mass is 9.98. The summed E-state index contributed by atoms with van der Waals surface area (Å²) < 4.78 is 140. The number of benzene rings is 2. The molecule has 69 heavy (non-hydrogen) atoms. The quantitative estimate of drug-likeness (QED) is 0.0702. The molecule has 0 saturated carbocycles. The third-order valence-electron chi connectivity index (χ3n) is 11.6. The van der Waals surface area contributed by atoms with E-state index in [0.717, 1.165) is 12.8 Å². The highest BCUT2D eigenvalue weighted by Crippen LogP contribution is 2.38. The molecule has 4 aromatic rings. The van der Waals surface area contributed by atoms with Gasteiger partial charge in [0.25, 0.3) is 11.8 Å². The summed E-state index contributed by atoms with van der Waals surface area (Å²) in [6.45, 7) is 0.814. The van der Waals surface area contributed by atoms with Gasteiger partial charge >= 0.3 is 12.4 Å². The fourth-order valence-electron chi connectivity index (χ4n) is 7.62. The number of aryl methyl sites for hydroxylation is 2. The van der Waals surface area contributed by atoms with Gasteiger partial charge in [-0.2, -0.15) is 26.3 Å². The van der Waals surface area contributed by atoms with Crippen LogP contribution in [0.15, 0.2) is 83.1 Å². The van der Waals surface area contributed by atoms with Crippen LogP contribution in [-0.2, 0) is 61.2 Å². The van der Waals surface area contributed by atoms with E-state index in [1.807, 2.05) is 0 Å². The minimum Gasteiger partial charge on any atom is -0.381 e. The largest absolute Gasteiger partial charge is 0.389 e. The molecule has 26 heteroatoms. The van der Waals surface area contributed by atoms with Gasteiger partial charge < -0.3 is 14.2 Å². The highest BCUT2D eigenvalue weighted by atomic mass is 35.5. The molecule has 0 aliphatic carbocycles. The Kier molecular flexibility index (Phi) is 18.6. The molecule has 3 fully saturated rings. The fraction of sp³-hybridized carbons (Fsp3) is 0.488. The highest BCUT2D eigenvalue weighted by Gasteiger charge is 2.53. The van der Waals surface area contributed by atoms with Crippen molar-refractivity contribution in [2.45, 2.75) is 109 Å². The van der Waals surface area contributed by atoms with Crippen LogP contribution in [0, 0.1) is 0 Å². The maximum atomic E-state index is 13.7. The Hall–Kier alpha value is -4.89. The number of rotatable bonds is 14. The van der Waals surface area contributed by atoms with Crippen molar-refractivity contribution in [3.05, 3.63) is 84.7 Å². The van der Waals surface area contributed by atoms with Crippen LogP contribution in [0.4, 0.5) is 26.3 Å². The molecule has 3 N–H and O–H groups in total. The monoisotopic (exact) mass is 1040 g/mol. The molecule has 17 nitrogen and oxygen atoms in total. The number of aromatic nitrogens is 4. The molecular weight excluding hydrogens is 990 g/mol. The van der Waals surface area contributed by atoms with Gasteiger partial charge in [0.05, 0.1) is 45.0 Å². The third kappa shape index (κ3) is 13.5. The standard InChI is InChI=1S/C24H28F3N3O6S.C19H20F3N3O5S.ClH/c25-24(26,27)9-8-18-15-29-20(16-28-18)17-4-6-19(7-5-17)37(32,33)23(10-13-34-14-11-23)22(31)30-36-21-3-1-2-12-35-21;20-19(21,22)6-5-14-11-24-16(12-23-14)13-1-3-15(4-2-13)31(28,29)18(17(26)25-27)7-9-30-10-8-18;/h4-7,15-16,21H,1-3,8-14H2,(H,30,31);1-4,11-12,27H,5-10H2,(H,25,26);1H. The molecule has 3 aliphatic heterocycles. The van der Waals surface area contributed by atoms with Crippen molar-refractivity contribution >= 4 is 43.9 Å². The van der Waals surface area contributed by atoms with Crippen molar-refractivity contribution in [1.29, 1.82) is 0 Å². The summed E-state index contributed by atoms with van der Waals surface area (Å²) in [6.07, 6.45) is -4.49. The molecule has 3 aliphatic rings. The van der Waals surface area contributed by atoms with Gasteiger partial charge in [-0.3, -0.25) is 34.7 Å². The first-order chi connectivity index (χ1) is 32.2. The molecule has 378 valence electrons. The maximum Gasteiger partial charge on any atom is 0.389 e. The second kappa shape index (κ2) is 23.3. The summed E-state index contributed by atoms with van der Waals surface area (Å²) in [7, 11) is -8.31. The van der Waals surface area contributed by atoms with Crippen molar-refractivity contribution in [1.82, 2.24) is 30.9 Å². The van der Waals surface area contributed by atoms with Crippen LogP contribution >= 0.6 is 12.4 Å². The van der Waals surface area contributed by atoms with Gasteiger partial charge in [-0.05, 0) is 75.6 Å². The van der Waals surface area contributed by atoms with E-state index in [2.05, 4.69) is 25.4 Å². The molecule has 7 rings (SSSR count). The Labute approximate surface area is 399 Å². The summed E-state index contributed by atoms with van der Waals surface area (Å²) in [6, 6.07) is 11.3. The Balaban J connectivity index is 0.000000258. The normalized spacial score (nSPS) is 18.4. The number of hydroxylamine groups is 2. The van der Waals surface area contributed by atoms with Gasteiger partial charge in [-0.1, -0.05) is 24.3 Å². The van der Waals surface area contributed by atoms with E-state index in [1.54, 1.807) is 0 Å². The lowest BCUT2D eigenvalue weighted by molar-refractivity contribution is -0.202. The molecular formula is C43H49ClF6N6O11S2. The number of sulfone groups is 2. The molecule has 0 bridgehead atoms. The maximum absolute atomic E-state index is 13.7. The Morgan fingerprint density at radius 2 is 1.06 bits per heavy atom. The number of nitrogens with one attached hydrogen (secondary N) is 2. The Bertz CT molecular complexity index is 2540. The smallest absolute Gasteiger partial charge is 0.381 e. The Morgan fingerprint density at radius 3 is 1.41 bits per heavy atom. The van der Waals surface area contributed by atoms with Crippen molar-refractivity contribution in [3.63, 3.8) is 0 Å². The second-order valence-electron chi connectivity index (χ2n) is 16.1. The summed E-state index contributed by atoms with van der Waals surface area (Å²) in [5, 5.41) is 9.08. The van der Waals surface area contributed by atoms with Crippen LogP contribution in [0.25, 0.3) is 22.5 Å². The zero-order chi connectivity index (χ0) is 49.2. The average Bonchev–Trinajstić information content (AvgIpc) is 3.35. The van der Waals surface area contributed by atoms with Crippen LogP contribution < -0.4 is 11.0 Å². The number of carbonyl (C=O) groups excluding carboxylic acids is 2. The van der Waals surface area contributed by atoms with E-state index in [1.165, 1.54) is 78.8 Å². The number of ether oxygens (including phenoxy) is 3. The highest BCUT2D eigenvalue weighted by molar-refractivity contribution is 7.94. The fourth-order valence-corrected chi connectivity index (χ4v) is 11.5. The van der Waals surface area contributed by atoms with Gasteiger partial charge in [0, 0.05) is 75.8 Å². The predicted molar refractivity (Wildman–Crippen MR) is 234 cm³/mol. The number of amides is 2. The predicted octanol–water partition coefficient (Wildman–Crippen LogP) is 6.42. The van der Waals surface area contributed by atoms with E-state index in [0.29, 0.717) is 35.5 Å². The van der Waals surface area contributed by atoms with E-state index in [-0.39, 0.29) is 98.5 Å². The topological polar surface area (TPSA) is 235 Å². The number of nitrogens with zero attached hydrogens (tertiary/aromatic N) is 4. The van der Waals surface area contributed by atoms with Crippen molar-refractivity contribution in [3.8, 4) is 22.5 Å². The van der Waals surface area contributed by atoms with E-state index in [9.17, 15) is 52.8 Å². The molecule has 2 amide bonds. The molecule has 1 unspecified atom stereocenters. The lowest BCUT2D eigenvalue weighted by Crippen LogP contribution is -2.56. The van der Waals surface area contributed by atoms with Crippen LogP contribution in [0.3, 0.4) is 0 Å². The van der Waals surface area contributed by atoms with Gasteiger partial charge in [-0.15, -0.1) is 12.4 Å². The van der Waals surface area contributed by atoms with E-state index in [4.69, 9.17) is 24.3 Å². The van der Waals surface area contributed by atoms with Gasteiger partial charge in [0.2, 0.25) is 0 Å². The van der Waals surface area contributed by atoms with Gasteiger partial charge in [-0.25, -0.2) is 32.6 Å². The van der Waals surface area contributed by atoms with Gasteiger partial charge in [0.1, 0.15) is 0 Å². The second-order valence-corrected chi connectivity index (χ2v) is 20.6. The lowest BCUT2D eigenvalue weighted by Gasteiger charge is -2.35. The number of carbonyl (C=O) groups is 2.